The average Bonchev–Trinajstić information content (AvgIpc) is 2.46. The second-order valence-corrected chi connectivity index (χ2v) is 5.08. The van der Waals surface area contributed by atoms with E-state index in [1.165, 1.54) is 0 Å². The van der Waals surface area contributed by atoms with E-state index in [1.54, 1.807) is 17.3 Å². The highest BCUT2D eigenvalue weighted by atomic mass is 16.4. The van der Waals surface area contributed by atoms with Gasteiger partial charge in [0.15, 0.2) is 0 Å². The number of carboxylic acid groups (broad SMARTS) is 1. The Labute approximate surface area is 117 Å². The molecule has 2 rings (SSSR count). The third-order valence-electron chi connectivity index (χ3n) is 3.64. The Hall–Kier alpha value is -2.11. The molecule has 1 aliphatic heterocycles. The third-order valence-corrected chi connectivity index (χ3v) is 3.64. The molecule has 0 aliphatic carbocycles. The van der Waals surface area contributed by atoms with Gasteiger partial charge in [0.25, 0.3) is 0 Å². The molecule has 0 bridgehead atoms. The van der Waals surface area contributed by atoms with Crippen LogP contribution in [0.2, 0.25) is 0 Å². The van der Waals surface area contributed by atoms with Crippen molar-refractivity contribution in [3.8, 4) is 0 Å². The minimum absolute atomic E-state index is 0.209. The van der Waals surface area contributed by atoms with Crippen LogP contribution in [0.4, 0.5) is 4.79 Å². The third kappa shape index (κ3) is 3.46. The predicted molar refractivity (Wildman–Crippen MR) is 73.1 cm³/mol. The van der Waals surface area contributed by atoms with E-state index in [0.29, 0.717) is 19.5 Å². The Morgan fingerprint density at radius 1 is 1.55 bits per heavy atom. The molecule has 2 N–H and O–H groups in total. The standard InChI is InChI=1S/C14H19N3O3/c1-10-4-5-15-7-12(10)8-16-14(20)17-6-2-3-11(9-17)13(18)19/h4-5,7,11H,2-3,6,8-9H2,1H3,(H,16,20)(H,18,19)/t11-/m0/s1. The predicted octanol–water partition coefficient (Wildman–Crippen LogP) is 1.40. The van der Waals surface area contributed by atoms with Gasteiger partial charge in [-0.1, -0.05) is 0 Å². The number of nitrogens with one attached hydrogen (secondary N) is 1. The number of aryl methyl sites for hydroxylation is 1. The van der Waals surface area contributed by atoms with Crippen LogP contribution >= 0.6 is 0 Å². The molecular formula is C14H19N3O3. The van der Waals surface area contributed by atoms with Crippen LogP contribution in [0, 0.1) is 12.8 Å². The van der Waals surface area contributed by atoms with Crippen molar-refractivity contribution in [3.63, 3.8) is 0 Å². The Bertz CT molecular complexity index is 504. The van der Waals surface area contributed by atoms with Gasteiger partial charge in [0.2, 0.25) is 0 Å². The summed E-state index contributed by atoms with van der Waals surface area (Å²) in [6.07, 6.45) is 4.81. The number of rotatable bonds is 3. The Balaban J connectivity index is 1.89. The van der Waals surface area contributed by atoms with Crippen molar-refractivity contribution in [3.05, 3.63) is 29.6 Å². The lowest BCUT2D eigenvalue weighted by molar-refractivity contribution is -0.143. The molecule has 108 valence electrons. The van der Waals surface area contributed by atoms with Gasteiger partial charge < -0.3 is 15.3 Å². The number of hydrogen-bond acceptors (Lipinski definition) is 3. The summed E-state index contributed by atoms with van der Waals surface area (Å²) in [4.78, 5) is 28.6. The van der Waals surface area contributed by atoms with E-state index in [-0.39, 0.29) is 12.6 Å². The van der Waals surface area contributed by atoms with Crippen LogP contribution in [0.15, 0.2) is 18.5 Å². The molecule has 1 aromatic rings. The highest BCUT2D eigenvalue weighted by Gasteiger charge is 2.27. The number of amides is 2. The van der Waals surface area contributed by atoms with Crippen molar-refractivity contribution in [2.75, 3.05) is 13.1 Å². The van der Waals surface area contributed by atoms with Gasteiger partial charge in [-0.3, -0.25) is 9.78 Å². The normalized spacial score (nSPS) is 18.6. The number of urea groups is 1. The molecule has 0 spiro atoms. The summed E-state index contributed by atoms with van der Waals surface area (Å²) in [7, 11) is 0. The quantitative estimate of drug-likeness (QED) is 0.874. The number of aromatic nitrogens is 1. The van der Waals surface area contributed by atoms with Crippen molar-refractivity contribution in [2.45, 2.75) is 26.3 Å². The summed E-state index contributed by atoms with van der Waals surface area (Å²) < 4.78 is 0. The lowest BCUT2D eigenvalue weighted by Gasteiger charge is -2.30. The average molecular weight is 277 g/mol. The summed E-state index contributed by atoms with van der Waals surface area (Å²) in [5.74, 6) is -1.28. The number of pyridine rings is 1. The van der Waals surface area contributed by atoms with Crippen LogP contribution in [0.3, 0.4) is 0 Å². The Morgan fingerprint density at radius 3 is 3.05 bits per heavy atom. The number of hydrogen-bond donors (Lipinski definition) is 2. The second kappa shape index (κ2) is 6.36. The first kappa shape index (κ1) is 14.3. The first-order valence-electron chi connectivity index (χ1n) is 6.73. The van der Waals surface area contributed by atoms with Gasteiger partial charge in [-0.05, 0) is 37.0 Å². The summed E-state index contributed by atoms with van der Waals surface area (Å²) >= 11 is 0. The fraction of sp³-hybridized carbons (Fsp3) is 0.500. The highest BCUT2D eigenvalue weighted by molar-refractivity contribution is 5.76. The Kier molecular flexibility index (Phi) is 4.55. The molecule has 6 heteroatoms. The molecule has 0 radical (unpaired) electrons. The van der Waals surface area contributed by atoms with E-state index in [2.05, 4.69) is 10.3 Å². The molecule has 0 unspecified atom stereocenters. The molecule has 2 amide bonds. The molecule has 2 heterocycles. The molecular weight excluding hydrogens is 258 g/mol. The van der Waals surface area contributed by atoms with E-state index >= 15 is 0 Å². The lowest BCUT2D eigenvalue weighted by Crippen LogP contribution is -2.46. The van der Waals surface area contributed by atoms with Crippen molar-refractivity contribution >= 4 is 12.0 Å². The van der Waals surface area contributed by atoms with Crippen molar-refractivity contribution < 1.29 is 14.7 Å². The highest BCUT2D eigenvalue weighted by Crippen LogP contribution is 2.16. The zero-order valence-electron chi connectivity index (χ0n) is 11.5. The van der Waals surface area contributed by atoms with Gasteiger partial charge in [0, 0.05) is 32.0 Å². The van der Waals surface area contributed by atoms with Gasteiger partial charge in [-0.25, -0.2) is 4.79 Å². The number of nitrogens with zero attached hydrogens (tertiary/aromatic N) is 2. The molecule has 20 heavy (non-hydrogen) atoms. The molecule has 6 nitrogen and oxygen atoms in total. The minimum atomic E-state index is -0.828. The number of piperidine rings is 1. The van der Waals surface area contributed by atoms with Crippen molar-refractivity contribution in [1.82, 2.24) is 15.2 Å². The topological polar surface area (TPSA) is 82.5 Å². The maximum absolute atomic E-state index is 12.1. The fourth-order valence-corrected chi connectivity index (χ4v) is 2.33. The van der Waals surface area contributed by atoms with E-state index < -0.39 is 11.9 Å². The summed E-state index contributed by atoms with van der Waals surface area (Å²) in [6.45, 7) is 3.27. The number of carboxylic acids is 1. The molecule has 1 aliphatic rings. The zero-order valence-corrected chi connectivity index (χ0v) is 11.5. The van der Waals surface area contributed by atoms with E-state index in [1.807, 2.05) is 13.0 Å². The van der Waals surface area contributed by atoms with E-state index in [0.717, 1.165) is 17.5 Å². The molecule has 1 fully saturated rings. The fourth-order valence-electron chi connectivity index (χ4n) is 2.33. The summed E-state index contributed by atoms with van der Waals surface area (Å²) in [5.41, 5.74) is 2.04. The van der Waals surface area contributed by atoms with Crippen LogP contribution in [0.25, 0.3) is 0 Å². The molecule has 1 aromatic heterocycles. The summed E-state index contributed by atoms with van der Waals surface area (Å²) in [6, 6.07) is 1.68. The number of aliphatic carboxylic acids is 1. The van der Waals surface area contributed by atoms with Gasteiger partial charge in [0.05, 0.1) is 5.92 Å². The monoisotopic (exact) mass is 277 g/mol. The number of likely N-dealkylation sites (tertiary alicyclic amines) is 1. The lowest BCUT2D eigenvalue weighted by atomic mass is 9.99. The molecule has 1 atom stereocenters. The van der Waals surface area contributed by atoms with Crippen LogP contribution < -0.4 is 5.32 Å². The smallest absolute Gasteiger partial charge is 0.317 e. The maximum Gasteiger partial charge on any atom is 0.317 e. The van der Waals surface area contributed by atoms with Crippen LogP contribution in [0.1, 0.15) is 24.0 Å². The number of carbonyl (C=O) groups is 2. The van der Waals surface area contributed by atoms with Crippen LogP contribution in [-0.2, 0) is 11.3 Å². The largest absolute Gasteiger partial charge is 0.481 e. The Morgan fingerprint density at radius 2 is 2.35 bits per heavy atom. The van der Waals surface area contributed by atoms with Gasteiger partial charge in [-0.15, -0.1) is 0 Å². The molecule has 0 aromatic carbocycles. The first-order chi connectivity index (χ1) is 9.58. The van der Waals surface area contributed by atoms with Crippen molar-refractivity contribution in [1.29, 1.82) is 0 Å². The first-order valence-corrected chi connectivity index (χ1v) is 6.73. The van der Waals surface area contributed by atoms with E-state index in [4.69, 9.17) is 5.11 Å². The number of carbonyl (C=O) groups excluding carboxylic acids is 1. The molecule has 0 saturated carbocycles. The maximum atomic E-state index is 12.1. The molecule has 1 saturated heterocycles. The van der Waals surface area contributed by atoms with Gasteiger partial charge >= 0.3 is 12.0 Å². The van der Waals surface area contributed by atoms with Crippen LogP contribution in [-0.4, -0.2) is 40.1 Å². The minimum Gasteiger partial charge on any atom is -0.481 e. The van der Waals surface area contributed by atoms with Gasteiger partial charge in [0.1, 0.15) is 0 Å². The summed E-state index contributed by atoms with van der Waals surface area (Å²) in [5, 5.41) is 11.8. The van der Waals surface area contributed by atoms with Crippen LogP contribution in [0.5, 0.6) is 0 Å². The van der Waals surface area contributed by atoms with E-state index in [9.17, 15) is 9.59 Å². The van der Waals surface area contributed by atoms with Gasteiger partial charge in [-0.2, -0.15) is 0 Å². The zero-order chi connectivity index (χ0) is 14.5. The SMILES string of the molecule is Cc1ccncc1CNC(=O)N1CCC[C@H](C(=O)O)C1. The second-order valence-electron chi connectivity index (χ2n) is 5.08. The van der Waals surface area contributed by atoms with Crippen molar-refractivity contribution in [2.24, 2.45) is 5.92 Å².